The number of hydrogen-bond donors (Lipinski definition) is 2. The molecule has 1 aromatic heterocycles. The molecule has 0 unspecified atom stereocenters. The number of fused-ring (bicyclic) bond motifs is 1. The number of hydrogen-bond acceptors (Lipinski definition) is 5. The van der Waals surface area contributed by atoms with Gasteiger partial charge in [0.15, 0.2) is 5.76 Å². The zero-order valence-corrected chi connectivity index (χ0v) is 10.9. The molecule has 2 N–H and O–H groups in total. The van der Waals surface area contributed by atoms with Crippen LogP contribution in [0.25, 0.3) is 22.3 Å². The Kier molecular flexibility index (Phi) is 3.16. The van der Waals surface area contributed by atoms with E-state index in [0.29, 0.717) is 22.1 Å². The van der Waals surface area contributed by atoms with Gasteiger partial charge in [0.1, 0.15) is 5.58 Å². The van der Waals surface area contributed by atoms with Gasteiger partial charge in [0, 0.05) is 5.56 Å². The van der Waals surface area contributed by atoms with Crippen LogP contribution >= 0.6 is 0 Å². The zero-order valence-electron chi connectivity index (χ0n) is 10.9. The largest absolute Gasteiger partial charge is 0.502 e. The molecule has 0 radical (unpaired) electrons. The van der Waals surface area contributed by atoms with Crippen molar-refractivity contribution < 1.29 is 14.7 Å². The molecule has 0 spiro atoms. The van der Waals surface area contributed by atoms with E-state index < -0.39 is 11.2 Å². The summed E-state index contributed by atoms with van der Waals surface area (Å²) in [5.74, 6) is -0.302. The van der Waals surface area contributed by atoms with Gasteiger partial charge in [-0.1, -0.05) is 41.6 Å². The van der Waals surface area contributed by atoms with Gasteiger partial charge in [0.05, 0.1) is 11.6 Å². The molecule has 0 atom stereocenters. The Balaban J connectivity index is 2.20. The van der Waals surface area contributed by atoms with Crippen LogP contribution in [-0.4, -0.2) is 16.5 Å². The van der Waals surface area contributed by atoms with Crippen LogP contribution in [0.4, 0.5) is 0 Å². The Labute approximate surface area is 119 Å². The molecule has 3 rings (SSSR count). The van der Waals surface area contributed by atoms with E-state index in [9.17, 15) is 9.90 Å². The van der Waals surface area contributed by atoms with Gasteiger partial charge in [-0.3, -0.25) is 4.79 Å². The molecular formula is C16H11NO4. The molecule has 5 nitrogen and oxygen atoms in total. The van der Waals surface area contributed by atoms with Gasteiger partial charge in [-0.2, -0.15) is 0 Å². The summed E-state index contributed by atoms with van der Waals surface area (Å²) >= 11 is 0. The predicted octanol–water partition coefficient (Wildman–Crippen LogP) is 2.97. The Bertz CT molecular complexity index is 879. The number of oxime groups is 1. The minimum atomic E-state index is -0.465. The molecule has 3 aromatic rings. The summed E-state index contributed by atoms with van der Waals surface area (Å²) in [5.41, 5.74) is 1.19. The first kappa shape index (κ1) is 12.9. The predicted molar refractivity (Wildman–Crippen MR) is 79.0 cm³/mol. The van der Waals surface area contributed by atoms with Crippen molar-refractivity contribution in [1.29, 1.82) is 0 Å². The fourth-order valence-corrected chi connectivity index (χ4v) is 2.12. The van der Waals surface area contributed by atoms with E-state index in [4.69, 9.17) is 9.62 Å². The third-order valence-electron chi connectivity index (χ3n) is 3.15. The monoisotopic (exact) mass is 281 g/mol. The highest BCUT2D eigenvalue weighted by molar-refractivity contribution is 5.83. The lowest BCUT2D eigenvalue weighted by Crippen LogP contribution is -2.02. The van der Waals surface area contributed by atoms with Crippen molar-refractivity contribution in [3.05, 3.63) is 64.3 Å². The summed E-state index contributed by atoms with van der Waals surface area (Å²) in [5, 5.41) is 21.8. The van der Waals surface area contributed by atoms with Gasteiger partial charge < -0.3 is 14.7 Å². The molecule has 21 heavy (non-hydrogen) atoms. The van der Waals surface area contributed by atoms with Crippen LogP contribution in [0.1, 0.15) is 5.56 Å². The van der Waals surface area contributed by atoms with Gasteiger partial charge in [-0.15, -0.1) is 0 Å². The maximum Gasteiger partial charge on any atom is 0.235 e. The van der Waals surface area contributed by atoms with Gasteiger partial charge >= 0.3 is 0 Å². The minimum Gasteiger partial charge on any atom is -0.502 e. The quantitative estimate of drug-likeness (QED) is 0.430. The standard InChI is InChI=1S/C16H11NO4/c18-14-12-3-1-2-4-13(12)21-16(15(14)19)11-7-5-10(6-8-11)9-17-20/h1-9,19-20H. The number of nitrogens with zero attached hydrogens (tertiary/aromatic N) is 1. The Morgan fingerprint density at radius 2 is 1.76 bits per heavy atom. The van der Waals surface area contributed by atoms with Crippen LogP contribution in [0.2, 0.25) is 0 Å². The Morgan fingerprint density at radius 1 is 1.05 bits per heavy atom. The molecule has 104 valence electrons. The van der Waals surface area contributed by atoms with E-state index in [-0.39, 0.29) is 5.76 Å². The fourth-order valence-electron chi connectivity index (χ4n) is 2.12. The summed E-state index contributed by atoms with van der Waals surface area (Å²) in [6, 6.07) is 13.5. The lowest BCUT2D eigenvalue weighted by molar-refractivity contribution is 0.322. The van der Waals surface area contributed by atoms with Crippen molar-refractivity contribution in [2.75, 3.05) is 0 Å². The smallest absolute Gasteiger partial charge is 0.235 e. The summed E-state index contributed by atoms with van der Waals surface area (Å²) < 4.78 is 5.63. The van der Waals surface area contributed by atoms with Crippen LogP contribution in [0.3, 0.4) is 0 Å². The molecule has 1 heterocycles. The first-order valence-corrected chi connectivity index (χ1v) is 6.23. The van der Waals surface area contributed by atoms with E-state index >= 15 is 0 Å². The molecule has 0 amide bonds. The van der Waals surface area contributed by atoms with Crippen molar-refractivity contribution in [3.63, 3.8) is 0 Å². The third-order valence-corrected chi connectivity index (χ3v) is 3.15. The fraction of sp³-hybridized carbons (Fsp3) is 0. The molecule has 0 aliphatic rings. The Hall–Kier alpha value is -3.08. The van der Waals surface area contributed by atoms with Crippen LogP contribution in [0.5, 0.6) is 5.75 Å². The summed E-state index contributed by atoms with van der Waals surface area (Å²) in [4.78, 5) is 12.1. The van der Waals surface area contributed by atoms with Crippen LogP contribution in [-0.2, 0) is 0 Å². The van der Waals surface area contributed by atoms with E-state index in [1.165, 1.54) is 6.21 Å². The zero-order chi connectivity index (χ0) is 14.8. The van der Waals surface area contributed by atoms with E-state index in [1.54, 1.807) is 48.5 Å². The van der Waals surface area contributed by atoms with Crippen molar-refractivity contribution in [2.24, 2.45) is 5.16 Å². The highest BCUT2D eigenvalue weighted by atomic mass is 16.4. The highest BCUT2D eigenvalue weighted by Gasteiger charge is 2.14. The van der Waals surface area contributed by atoms with Crippen molar-refractivity contribution in [2.45, 2.75) is 0 Å². The van der Waals surface area contributed by atoms with E-state index in [0.717, 1.165) is 0 Å². The van der Waals surface area contributed by atoms with Crippen molar-refractivity contribution >= 4 is 17.2 Å². The molecule has 0 bridgehead atoms. The molecule has 0 aliphatic heterocycles. The lowest BCUT2D eigenvalue weighted by Gasteiger charge is -2.06. The molecule has 0 saturated carbocycles. The number of benzene rings is 2. The molecule has 2 aromatic carbocycles. The van der Waals surface area contributed by atoms with Gasteiger partial charge in [-0.25, -0.2) is 0 Å². The number of rotatable bonds is 2. The first-order valence-electron chi connectivity index (χ1n) is 6.23. The maximum atomic E-state index is 12.1. The van der Waals surface area contributed by atoms with Crippen LogP contribution < -0.4 is 5.43 Å². The lowest BCUT2D eigenvalue weighted by atomic mass is 10.1. The molecule has 0 aliphatic carbocycles. The van der Waals surface area contributed by atoms with Gasteiger partial charge in [-0.05, 0) is 17.7 Å². The first-order chi connectivity index (χ1) is 10.2. The third kappa shape index (κ3) is 2.25. The van der Waals surface area contributed by atoms with Crippen molar-refractivity contribution in [3.8, 4) is 17.1 Å². The number of aromatic hydroxyl groups is 1. The average molecular weight is 281 g/mol. The van der Waals surface area contributed by atoms with E-state index in [1.807, 2.05) is 0 Å². The molecule has 0 saturated heterocycles. The number of para-hydroxylation sites is 1. The van der Waals surface area contributed by atoms with Gasteiger partial charge in [0.2, 0.25) is 11.2 Å². The summed E-state index contributed by atoms with van der Waals surface area (Å²) in [7, 11) is 0. The minimum absolute atomic E-state index is 0.117. The average Bonchev–Trinajstić information content (AvgIpc) is 2.52. The second kappa shape index (κ2) is 5.13. The highest BCUT2D eigenvalue weighted by Crippen LogP contribution is 2.29. The Morgan fingerprint density at radius 3 is 2.48 bits per heavy atom. The van der Waals surface area contributed by atoms with Crippen molar-refractivity contribution in [1.82, 2.24) is 0 Å². The van der Waals surface area contributed by atoms with Crippen LogP contribution in [0, 0.1) is 0 Å². The second-order valence-electron chi connectivity index (χ2n) is 4.47. The van der Waals surface area contributed by atoms with Crippen LogP contribution in [0.15, 0.2) is 62.9 Å². The summed E-state index contributed by atoms with van der Waals surface area (Å²) in [6.45, 7) is 0. The normalized spacial score (nSPS) is 11.2. The molecule has 0 fully saturated rings. The second-order valence-corrected chi connectivity index (χ2v) is 4.47. The SMILES string of the molecule is O=c1c(O)c(-c2ccc(C=NO)cc2)oc2ccccc12. The molecular weight excluding hydrogens is 270 g/mol. The van der Waals surface area contributed by atoms with E-state index in [2.05, 4.69) is 5.16 Å². The maximum absolute atomic E-state index is 12.1. The summed E-state index contributed by atoms with van der Waals surface area (Å²) in [6.07, 6.45) is 1.28. The topological polar surface area (TPSA) is 83.0 Å². The van der Waals surface area contributed by atoms with Gasteiger partial charge in [0.25, 0.3) is 0 Å². The molecule has 5 heteroatoms.